The molecule has 0 bridgehead atoms. The van der Waals surface area contributed by atoms with Crippen LogP contribution >= 0.6 is 23.5 Å². The number of rotatable bonds is 2. The van der Waals surface area contributed by atoms with Gasteiger partial charge in [0.1, 0.15) is 11.1 Å². The van der Waals surface area contributed by atoms with Gasteiger partial charge in [-0.25, -0.2) is 0 Å². The second kappa shape index (κ2) is 4.22. The highest BCUT2D eigenvalue weighted by Crippen LogP contribution is 2.28. The number of thioether (sulfide) groups is 1. The van der Waals surface area contributed by atoms with E-state index >= 15 is 0 Å². The Morgan fingerprint density at radius 2 is 2.00 bits per heavy atom. The van der Waals surface area contributed by atoms with Crippen molar-refractivity contribution in [2.45, 2.75) is 5.03 Å². The van der Waals surface area contributed by atoms with Gasteiger partial charge in [-0.15, -0.1) is 0 Å². The van der Waals surface area contributed by atoms with Gasteiger partial charge in [0.05, 0.1) is 11.7 Å². The fourth-order valence-electron chi connectivity index (χ4n) is 1.06. The van der Waals surface area contributed by atoms with Gasteiger partial charge in [-0.2, -0.15) is 14.0 Å². The van der Waals surface area contributed by atoms with Gasteiger partial charge in [0.25, 0.3) is 0 Å². The van der Waals surface area contributed by atoms with Crippen LogP contribution in [0.15, 0.2) is 35.4 Å². The van der Waals surface area contributed by atoms with Crippen LogP contribution in [0.3, 0.4) is 0 Å². The van der Waals surface area contributed by atoms with Crippen LogP contribution in [0, 0.1) is 10.7 Å². The zero-order valence-corrected chi connectivity index (χ0v) is 8.68. The van der Waals surface area contributed by atoms with Gasteiger partial charge >= 0.3 is 0 Å². The Kier molecular flexibility index (Phi) is 2.77. The quantitative estimate of drug-likeness (QED) is 0.575. The molecular formula is C9H5N3S2. The normalized spacial score (nSPS) is 9.64. The first-order valence-electron chi connectivity index (χ1n) is 3.85. The van der Waals surface area contributed by atoms with Crippen molar-refractivity contribution in [1.82, 2.24) is 8.75 Å². The molecule has 5 heteroatoms. The molecule has 2 aromatic rings. The number of thiocyanates is 1. The maximum atomic E-state index is 8.56. The van der Waals surface area contributed by atoms with Crippen molar-refractivity contribution >= 4 is 23.5 Å². The number of nitrogens with zero attached hydrogens (tertiary/aromatic N) is 3. The molecule has 0 aliphatic rings. The molecular weight excluding hydrogens is 214 g/mol. The Labute approximate surface area is 89.7 Å². The highest BCUT2D eigenvalue weighted by atomic mass is 32.2. The summed E-state index contributed by atoms with van der Waals surface area (Å²) in [6.07, 6.45) is 0. The molecule has 68 valence electrons. The van der Waals surface area contributed by atoms with Crippen LogP contribution < -0.4 is 0 Å². The zero-order valence-electron chi connectivity index (χ0n) is 7.04. The van der Waals surface area contributed by atoms with E-state index in [9.17, 15) is 0 Å². The molecule has 1 aromatic heterocycles. The Hall–Kier alpha value is -1.38. The molecule has 2 rings (SSSR count). The van der Waals surface area contributed by atoms with E-state index in [1.54, 1.807) is 0 Å². The predicted molar refractivity (Wildman–Crippen MR) is 56.8 cm³/mol. The Balaban J connectivity index is 2.43. The van der Waals surface area contributed by atoms with Gasteiger partial charge in [0, 0.05) is 17.3 Å². The molecule has 0 unspecified atom stereocenters. The molecule has 1 heterocycles. The van der Waals surface area contributed by atoms with E-state index in [1.165, 1.54) is 0 Å². The van der Waals surface area contributed by atoms with Crippen LogP contribution in [0.25, 0.3) is 11.3 Å². The van der Waals surface area contributed by atoms with Crippen molar-refractivity contribution in [2.75, 3.05) is 0 Å². The van der Waals surface area contributed by atoms with Crippen LogP contribution in [0.2, 0.25) is 0 Å². The van der Waals surface area contributed by atoms with Crippen LogP contribution in [0.4, 0.5) is 0 Å². The van der Waals surface area contributed by atoms with E-state index in [-0.39, 0.29) is 0 Å². The van der Waals surface area contributed by atoms with E-state index in [0.717, 1.165) is 34.7 Å². The second-order valence-corrected chi connectivity index (χ2v) is 3.78. The van der Waals surface area contributed by atoms with E-state index < -0.39 is 0 Å². The summed E-state index contributed by atoms with van der Waals surface area (Å²) in [6, 6.07) is 9.74. The smallest absolute Gasteiger partial charge is 0.152 e. The summed E-state index contributed by atoms with van der Waals surface area (Å²) in [5.74, 6) is 0. The third-order valence-corrected chi connectivity index (χ3v) is 2.86. The van der Waals surface area contributed by atoms with Gasteiger partial charge < -0.3 is 0 Å². The first-order chi connectivity index (χ1) is 6.92. The molecule has 14 heavy (non-hydrogen) atoms. The molecule has 0 amide bonds. The lowest BCUT2D eigenvalue weighted by Gasteiger charge is -1.95. The topological polar surface area (TPSA) is 49.6 Å². The van der Waals surface area contributed by atoms with Gasteiger partial charge in [-0.05, 0) is 0 Å². The van der Waals surface area contributed by atoms with Crippen LogP contribution in [-0.4, -0.2) is 8.75 Å². The Morgan fingerprint density at radius 1 is 1.21 bits per heavy atom. The second-order valence-electron chi connectivity index (χ2n) is 2.48. The Morgan fingerprint density at radius 3 is 2.71 bits per heavy atom. The molecule has 0 aliphatic carbocycles. The summed E-state index contributed by atoms with van der Waals surface area (Å²) in [5, 5.41) is 11.2. The lowest BCUT2D eigenvalue weighted by atomic mass is 10.2. The first-order valence-corrected chi connectivity index (χ1v) is 5.40. The van der Waals surface area contributed by atoms with Crippen molar-refractivity contribution in [3.8, 4) is 16.7 Å². The molecule has 1 aromatic carbocycles. The van der Waals surface area contributed by atoms with Crippen molar-refractivity contribution in [2.24, 2.45) is 0 Å². The highest BCUT2D eigenvalue weighted by molar-refractivity contribution is 8.03. The van der Waals surface area contributed by atoms with E-state index in [0.29, 0.717) is 5.03 Å². The highest BCUT2D eigenvalue weighted by Gasteiger charge is 2.09. The average molecular weight is 219 g/mol. The molecule has 0 fully saturated rings. The molecule has 0 atom stereocenters. The van der Waals surface area contributed by atoms with E-state index in [4.69, 9.17) is 5.26 Å². The van der Waals surface area contributed by atoms with E-state index in [1.807, 2.05) is 35.7 Å². The maximum Gasteiger partial charge on any atom is 0.152 e. The van der Waals surface area contributed by atoms with Gasteiger partial charge in [-0.3, -0.25) is 0 Å². The summed E-state index contributed by atoms with van der Waals surface area (Å²) in [4.78, 5) is 0. The average Bonchev–Trinajstić information content (AvgIpc) is 2.68. The summed E-state index contributed by atoms with van der Waals surface area (Å²) < 4.78 is 8.22. The minimum Gasteiger partial charge on any atom is -0.185 e. The number of aromatic nitrogens is 2. The van der Waals surface area contributed by atoms with Gasteiger partial charge in [0.15, 0.2) is 5.03 Å². The number of hydrogen-bond acceptors (Lipinski definition) is 5. The maximum absolute atomic E-state index is 8.56. The number of nitriles is 1. The molecule has 0 radical (unpaired) electrons. The van der Waals surface area contributed by atoms with Crippen LogP contribution in [0.1, 0.15) is 0 Å². The monoisotopic (exact) mass is 219 g/mol. The first kappa shape index (κ1) is 9.19. The predicted octanol–water partition coefficient (Wildman–Crippen LogP) is 2.78. The SMILES string of the molecule is N#CSc1nsnc1-c1ccccc1. The lowest BCUT2D eigenvalue weighted by Crippen LogP contribution is -1.78. The minimum absolute atomic E-state index is 0.684. The fourth-order valence-corrected chi connectivity index (χ4v) is 2.19. The number of hydrogen-bond donors (Lipinski definition) is 0. The molecule has 0 spiro atoms. The summed E-state index contributed by atoms with van der Waals surface area (Å²) >= 11 is 2.17. The molecule has 0 saturated heterocycles. The van der Waals surface area contributed by atoms with Crippen LogP contribution in [-0.2, 0) is 0 Å². The third kappa shape index (κ3) is 1.76. The minimum atomic E-state index is 0.684. The standard InChI is InChI=1S/C9H5N3S2/c10-6-13-9-8(11-14-12-9)7-4-2-1-3-5-7/h1-5H. The molecule has 3 nitrogen and oxygen atoms in total. The van der Waals surface area contributed by atoms with Gasteiger partial charge in [0.2, 0.25) is 0 Å². The molecule has 0 saturated carbocycles. The number of benzene rings is 1. The van der Waals surface area contributed by atoms with Crippen molar-refractivity contribution in [1.29, 1.82) is 5.26 Å². The van der Waals surface area contributed by atoms with Crippen LogP contribution in [0.5, 0.6) is 0 Å². The largest absolute Gasteiger partial charge is 0.185 e. The summed E-state index contributed by atoms with van der Waals surface area (Å²) in [5.41, 5.74) is 1.79. The summed E-state index contributed by atoms with van der Waals surface area (Å²) in [6.45, 7) is 0. The molecule has 0 N–H and O–H groups in total. The van der Waals surface area contributed by atoms with Gasteiger partial charge in [-0.1, -0.05) is 30.3 Å². The third-order valence-electron chi connectivity index (χ3n) is 1.65. The van der Waals surface area contributed by atoms with Crippen molar-refractivity contribution in [3.05, 3.63) is 30.3 Å². The fraction of sp³-hybridized carbons (Fsp3) is 0. The van der Waals surface area contributed by atoms with E-state index in [2.05, 4.69) is 8.75 Å². The van der Waals surface area contributed by atoms with Crippen molar-refractivity contribution < 1.29 is 0 Å². The van der Waals surface area contributed by atoms with Crippen molar-refractivity contribution in [3.63, 3.8) is 0 Å². The summed E-state index contributed by atoms with van der Waals surface area (Å²) in [7, 11) is 0. The Bertz CT molecular complexity index is 458. The lowest BCUT2D eigenvalue weighted by molar-refractivity contribution is 1.27. The zero-order chi connectivity index (χ0) is 9.80. The molecule has 0 aliphatic heterocycles.